The first-order chi connectivity index (χ1) is 14.5. The van der Waals surface area contributed by atoms with Crippen LogP contribution in [0.1, 0.15) is 25.1 Å². The molecule has 0 spiro atoms. The number of carbonyl (C=O) groups is 1. The van der Waals surface area contributed by atoms with E-state index in [-0.39, 0.29) is 11.9 Å². The number of nitrogens with two attached hydrogens (primary N) is 1. The molecule has 0 fully saturated rings. The van der Waals surface area contributed by atoms with Crippen LogP contribution in [0, 0.1) is 12.8 Å². The highest BCUT2D eigenvalue weighted by Crippen LogP contribution is 2.30. The zero-order chi connectivity index (χ0) is 23.2. The van der Waals surface area contributed by atoms with E-state index in [9.17, 15) is 18.0 Å². The summed E-state index contributed by atoms with van der Waals surface area (Å²) in [6.07, 6.45) is -1.68. The second kappa shape index (κ2) is 10.3. The second-order valence-corrected chi connectivity index (χ2v) is 7.84. The molecule has 2 aromatic heterocycles. The fraction of sp³-hybridized carbons (Fsp3) is 0.300. The van der Waals surface area contributed by atoms with Gasteiger partial charge in [0.1, 0.15) is 11.7 Å². The Labute approximate surface area is 181 Å². The number of carboxylic acids is 1. The summed E-state index contributed by atoms with van der Waals surface area (Å²) in [4.78, 5) is 22.4. The Morgan fingerprint density at radius 1 is 1.26 bits per heavy atom. The van der Waals surface area contributed by atoms with Gasteiger partial charge < -0.3 is 16.2 Å². The van der Waals surface area contributed by atoms with Gasteiger partial charge in [0.05, 0.1) is 10.4 Å². The van der Waals surface area contributed by atoms with Gasteiger partial charge in [-0.05, 0) is 42.2 Å². The molecule has 0 bridgehead atoms. The van der Waals surface area contributed by atoms with Crippen molar-refractivity contribution in [3.63, 3.8) is 0 Å². The molecule has 3 aromatic rings. The fourth-order valence-corrected chi connectivity index (χ4v) is 2.96. The highest BCUT2D eigenvalue weighted by molar-refractivity contribution is 7.13. The molecule has 1 atom stereocenters. The molecule has 0 aliphatic rings. The molecule has 0 radical (unpaired) electrons. The van der Waals surface area contributed by atoms with E-state index in [1.807, 2.05) is 25.1 Å². The summed E-state index contributed by atoms with van der Waals surface area (Å²) < 4.78 is 38.1. The van der Waals surface area contributed by atoms with Crippen LogP contribution in [0.15, 0.2) is 42.2 Å². The first-order valence-corrected chi connectivity index (χ1v) is 10.0. The molecule has 0 unspecified atom stereocenters. The summed E-state index contributed by atoms with van der Waals surface area (Å²) in [5, 5.41) is 11.0. The van der Waals surface area contributed by atoms with Gasteiger partial charge in [-0.2, -0.15) is 13.2 Å². The summed E-state index contributed by atoms with van der Waals surface area (Å²) in [5.41, 5.74) is 8.42. The number of nitrogens with zero attached hydrogens (tertiary/aromatic N) is 3. The lowest BCUT2D eigenvalue weighted by atomic mass is 10.1. The summed E-state index contributed by atoms with van der Waals surface area (Å²) >= 11 is 1.49. The Hall–Kier alpha value is -3.05. The molecule has 166 valence electrons. The SMILES string of the molecule is CC(C)[C@H](N)C(=O)O.Cc1cc(Nc2nccc(C(F)(F)F)n2)cc(-c2cncs2)c1. The maximum atomic E-state index is 12.7. The first-order valence-electron chi connectivity index (χ1n) is 9.13. The van der Waals surface area contributed by atoms with Gasteiger partial charge in [-0.25, -0.2) is 9.97 Å². The quantitative estimate of drug-likeness (QED) is 0.512. The molecule has 31 heavy (non-hydrogen) atoms. The third kappa shape index (κ3) is 7.30. The third-order valence-electron chi connectivity index (χ3n) is 4.00. The molecule has 11 heteroatoms. The summed E-state index contributed by atoms with van der Waals surface area (Å²) in [6.45, 7) is 5.46. The molecular formula is C20H22F3N5O2S. The van der Waals surface area contributed by atoms with E-state index < -0.39 is 23.9 Å². The van der Waals surface area contributed by atoms with Gasteiger partial charge >= 0.3 is 12.1 Å². The predicted octanol–water partition coefficient (Wildman–Crippen LogP) is 4.73. The van der Waals surface area contributed by atoms with Crippen LogP contribution in [0.3, 0.4) is 0 Å². The van der Waals surface area contributed by atoms with Gasteiger partial charge in [0, 0.05) is 18.1 Å². The highest BCUT2D eigenvalue weighted by atomic mass is 32.1. The fourth-order valence-electron chi connectivity index (χ4n) is 2.35. The smallest absolute Gasteiger partial charge is 0.433 e. The average Bonchev–Trinajstić information content (AvgIpc) is 3.22. The van der Waals surface area contributed by atoms with Crippen LogP contribution in [-0.4, -0.2) is 32.1 Å². The first kappa shape index (κ1) is 24.2. The van der Waals surface area contributed by atoms with Gasteiger partial charge in [0.2, 0.25) is 5.95 Å². The van der Waals surface area contributed by atoms with Crippen molar-refractivity contribution >= 4 is 28.9 Å². The van der Waals surface area contributed by atoms with Crippen molar-refractivity contribution in [1.29, 1.82) is 0 Å². The maximum Gasteiger partial charge on any atom is 0.433 e. The van der Waals surface area contributed by atoms with E-state index in [0.717, 1.165) is 28.3 Å². The van der Waals surface area contributed by atoms with Crippen molar-refractivity contribution in [2.24, 2.45) is 11.7 Å². The summed E-state index contributed by atoms with van der Waals surface area (Å²) in [6, 6.07) is 5.74. The standard InChI is InChI=1S/C15H11F3N4S.C5H11NO2/c1-9-4-10(12-7-19-8-23-12)6-11(5-9)21-14-20-3-2-13(22-14)15(16,17)18;1-3(2)4(6)5(7)8/h2-8H,1H3,(H,20,21,22);3-4H,6H2,1-2H3,(H,7,8)/t;4-/m.0/s1. The number of nitrogens with one attached hydrogen (secondary N) is 1. The molecule has 0 amide bonds. The molecule has 2 heterocycles. The predicted molar refractivity (Wildman–Crippen MR) is 113 cm³/mol. The van der Waals surface area contributed by atoms with Crippen LogP contribution in [0.5, 0.6) is 0 Å². The zero-order valence-electron chi connectivity index (χ0n) is 17.0. The number of aryl methyl sites for hydroxylation is 1. The van der Waals surface area contributed by atoms with E-state index in [4.69, 9.17) is 10.8 Å². The number of carboxylic acid groups (broad SMARTS) is 1. The number of halogens is 3. The van der Waals surface area contributed by atoms with Crippen LogP contribution < -0.4 is 11.1 Å². The summed E-state index contributed by atoms with van der Waals surface area (Å²) in [7, 11) is 0. The van der Waals surface area contributed by atoms with Crippen LogP contribution in [0.4, 0.5) is 24.8 Å². The minimum Gasteiger partial charge on any atom is -0.480 e. The lowest BCUT2D eigenvalue weighted by Gasteiger charge is -2.10. The maximum absolute atomic E-state index is 12.7. The normalized spacial score (nSPS) is 12.1. The Balaban J connectivity index is 0.000000366. The average molecular weight is 453 g/mol. The Kier molecular flexibility index (Phi) is 8.06. The van der Waals surface area contributed by atoms with Crippen molar-refractivity contribution < 1.29 is 23.1 Å². The number of thiazole rings is 1. The van der Waals surface area contributed by atoms with Crippen molar-refractivity contribution in [3.8, 4) is 10.4 Å². The minimum atomic E-state index is -4.50. The molecule has 1 aromatic carbocycles. The number of alkyl halides is 3. The molecule has 3 rings (SSSR count). The van der Waals surface area contributed by atoms with Crippen molar-refractivity contribution in [3.05, 3.63) is 53.4 Å². The lowest BCUT2D eigenvalue weighted by Crippen LogP contribution is -2.34. The van der Waals surface area contributed by atoms with Crippen molar-refractivity contribution in [2.45, 2.75) is 33.0 Å². The number of aromatic nitrogens is 3. The Morgan fingerprint density at radius 2 is 1.97 bits per heavy atom. The van der Waals surface area contributed by atoms with Crippen LogP contribution in [-0.2, 0) is 11.0 Å². The number of rotatable bonds is 5. The largest absolute Gasteiger partial charge is 0.480 e. The van der Waals surface area contributed by atoms with Crippen molar-refractivity contribution in [1.82, 2.24) is 15.0 Å². The van der Waals surface area contributed by atoms with E-state index in [1.54, 1.807) is 25.6 Å². The second-order valence-electron chi connectivity index (χ2n) is 6.95. The van der Waals surface area contributed by atoms with Crippen molar-refractivity contribution in [2.75, 3.05) is 5.32 Å². The van der Waals surface area contributed by atoms with Gasteiger partial charge in [0.15, 0.2) is 0 Å². The molecule has 0 aliphatic heterocycles. The van der Waals surface area contributed by atoms with Gasteiger partial charge in [-0.15, -0.1) is 11.3 Å². The summed E-state index contributed by atoms with van der Waals surface area (Å²) in [5.74, 6) is -1.01. The van der Waals surface area contributed by atoms with Gasteiger partial charge in [-0.1, -0.05) is 19.9 Å². The number of benzene rings is 1. The van der Waals surface area contributed by atoms with E-state index in [2.05, 4.69) is 20.3 Å². The third-order valence-corrected chi connectivity index (χ3v) is 4.82. The zero-order valence-corrected chi connectivity index (χ0v) is 17.8. The monoisotopic (exact) mass is 453 g/mol. The molecule has 4 N–H and O–H groups in total. The Bertz CT molecular complexity index is 1010. The van der Waals surface area contributed by atoms with E-state index in [0.29, 0.717) is 5.69 Å². The highest BCUT2D eigenvalue weighted by Gasteiger charge is 2.32. The lowest BCUT2D eigenvalue weighted by molar-refractivity contribution is -0.141. The number of hydrogen-bond acceptors (Lipinski definition) is 7. The molecular weight excluding hydrogens is 431 g/mol. The van der Waals surface area contributed by atoms with Crippen LogP contribution in [0.25, 0.3) is 10.4 Å². The Morgan fingerprint density at radius 3 is 2.48 bits per heavy atom. The number of hydrogen-bond donors (Lipinski definition) is 3. The van der Waals surface area contributed by atoms with Crippen LogP contribution in [0.2, 0.25) is 0 Å². The van der Waals surface area contributed by atoms with Crippen LogP contribution >= 0.6 is 11.3 Å². The van der Waals surface area contributed by atoms with E-state index >= 15 is 0 Å². The molecule has 7 nitrogen and oxygen atoms in total. The van der Waals surface area contributed by atoms with Gasteiger partial charge in [0.25, 0.3) is 0 Å². The van der Waals surface area contributed by atoms with Gasteiger partial charge in [-0.3, -0.25) is 9.78 Å². The minimum absolute atomic E-state index is 0.0208. The number of aliphatic carboxylic acids is 1. The molecule has 0 saturated carbocycles. The molecule has 0 aliphatic carbocycles. The number of anilines is 2. The van der Waals surface area contributed by atoms with E-state index in [1.165, 1.54) is 11.3 Å². The molecule has 0 saturated heterocycles. The topological polar surface area (TPSA) is 114 Å².